The molecule has 1 saturated carbocycles. The van der Waals surface area contributed by atoms with Crippen LogP contribution in [0.15, 0.2) is 42.5 Å². The van der Waals surface area contributed by atoms with Gasteiger partial charge in [-0.25, -0.2) is 0 Å². The standard InChI is InChI=1S/C23H30N2O2S/c1-3-14-24(23(27)20-10-7-11-20)17-22(26)25(15-19-8-5-4-6-9-19)16-21-13-12-18(2)28-21/h4-6,8-9,12-13,20H,3,7,10-11,14-17H2,1-2H3. The summed E-state index contributed by atoms with van der Waals surface area (Å²) < 4.78 is 0. The minimum atomic E-state index is 0.0241. The number of carbonyl (C=O) groups excluding carboxylic acids is 2. The van der Waals surface area contributed by atoms with Gasteiger partial charge in [-0.05, 0) is 43.9 Å². The van der Waals surface area contributed by atoms with Crippen molar-refractivity contribution in [3.05, 3.63) is 57.8 Å². The van der Waals surface area contributed by atoms with E-state index in [1.165, 1.54) is 9.75 Å². The molecule has 0 N–H and O–H groups in total. The van der Waals surface area contributed by atoms with Crippen LogP contribution in [0.4, 0.5) is 0 Å². The summed E-state index contributed by atoms with van der Waals surface area (Å²) >= 11 is 1.72. The number of hydrogen-bond acceptors (Lipinski definition) is 3. The molecule has 28 heavy (non-hydrogen) atoms. The Bertz CT molecular complexity index is 783. The predicted octanol–water partition coefficient (Wildman–Crippen LogP) is 4.62. The van der Waals surface area contributed by atoms with Crippen molar-refractivity contribution < 1.29 is 9.59 Å². The first kappa shape index (κ1) is 20.6. The van der Waals surface area contributed by atoms with Crippen LogP contribution in [-0.2, 0) is 22.7 Å². The number of hydrogen-bond donors (Lipinski definition) is 0. The molecule has 5 heteroatoms. The molecule has 2 aromatic rings. The quantitative estimate of drug-likeness (QED) is 0.618. The molecular formula is C23H30N2O2S. The van der Waals surface area contributed by atoms with Gasteiger partial charge in [-0.3, -0.25) is 9.59 Å². The average Bonchev–Trinajstić information content (AvgIpc) is 3.05. The van der Waals surface area contributed by atoms with Gasteiger partial charge in [-0.15, -0.1) is 11.3 Å². The Kier molecular flexibility index (Phi) is 7.26. The van der Waals surface area contributed by atoms with Crippen molar-refractivity contribution in [2.75, 3.05) is 13.1 Å². The lowest BCUT2D eigenvalue weighted by Crippen LogP contribution is -2.46. The molecule has 4 nitrogen and oxygen atoms in total. The van der Waals surface area contributed by atoms with Gasteiger partial charge in [-0.1, -0.05) is 43.7 Å². The molecule has 1 aromatic heterocycles. The molecule has 0 radical (unpaired) electrons. The monoisotopic (exact) mass is 398 g/mol. The van der Waals surface area contributed by atoms with E-state index >= 15 is 0 Å². The minimum absolute atomic E-state index is 0.0241. The summed E-state index contributed by atoms with van der Waals surface area (Å²) in [6, 6.07) is 14.3. The largest absolute Gasteiger partial charge is 0.333 e. The Labute approximate surface area is 172 Å². The molecule has 0 spiro atoms. The zero-order valence-corrected chi connectivity index (χ0v) is 17.7. The molecule has 1 aliphatic carbocycles. The maximum absolute atomic E-state index is 13.2. The van der Waals surface area contributed by atoms with Crippen molar-refractivity contribution in [2.24, 2.45) is 5.92 Å². The van der Waals surface area contributed by atoms with Gasteiger partial charge in [0.2, 0.25) is 11.8 Å². The molecule has 0 atom stereocenters. The van der Waals surface area contributed by atoms with Gasteiger partial charge < -0.3 is 9.80 Å². The summed E-state index contributed by atoms with van der Waals surface area (Å²) in [5.74, 6) is 0.311. The molecule has 0 bridgehead atoms. The maximum Gasteiger partial charge on any atom is 0.242 e. The summed E-state index contributed by atoms with van der Waals surface area (Å²) in [6.07, 6.45) is 3.93. The van der Waals surface area contributed by atoms with Crippen LogP contribution in [0.25, 0.3) is 0 Å². The van der Waals surface area contributed by atoms with Crippen LogP contribution in [-0.4, -0.2) is 34.7 Å². The molecule has 1 heterocycles. The minimum Gasteiger partial charge on any atom is -0.333 e. The van der Waals surface area contributed by atoms with E-state index in [0.29, 0.717) is 19.6 Å². The van der Waals surface area contributed by atoms with E-state index in [9.17, 15) is 9.59 Å². The van der Waals surface area contributed by atoms with E-state index in [2.05, 4.69) is 26.0 Å². The zero-order chi connectivity index (χ0) is 19.9. The summed E-state index contributed by atoms with van der Waals surface area (Å²) in [5, 5.41) is 0. The second-order valence-corrected chi connectivity index (χ2v) is 9.01. The maximum atomic E-state index is 13.2. The van der Waals surface area contributed by atoms with Crippen molar-refractivity contribution in [1.29, 1.82) is 0 Å². The van der Waals surface area contributed by atoms with Gasteiger partial charge in [0.15, 0.2) is 0 Å². The fraction of sp³-hybridized carbons (Fsp3) is 0.478. The highest BCUT2D eigenvalue weighted by atomic mass is 32.1. The van der Waals surface area contributed by atoms with Gasteiger partial charge in [0.05, 0.1) is 13.1 Å². The second kappa shape index (κ2) is 9.87. The molecule has 0 aliphatic heterocycles. The van der Waals surface area contributed by atoms with E-state index in [1.54, 1.807) is 16.2 Å². The topological polar surface area (TPSA) is 40.6 Å². The molecule has 1 aromatic carbocycles. The van der Waals surface area contributed by atoms with Crippen LogP contribution >= 0.6 is 11.3 Å². The Balaban J connectivity index is 1.72. The van der Waals surface area contributed by atoms with Gasteiger partial charge in [0.25, 0.3) is 0 Å². The fourth-order valence-electron chi connectivity index (χ4n) is 3.51. The number of benzene rings is 1. The number of rotatable bonds is 9. The van der Waals surface area contributed by atoms with Gasteiger partial charge in [0.1, 0.15) is 0 Å². The Morgan fingerprint density at radius 1 is 1.04 bits per heavy atom. The van der Waals surface area contributed by atoms with Crippen LogP contribution in [0.2, 0.25) is 0 Å². The van der Waals surface area contributed by atoms with Gasteiger partial charge in [0, 0.05) is 28.8 Å². The second-order valence-electron chi connectivity index (χ2n) is 7.64. The smallest absolute Gasteiger partial charge is 0.242 e. The number of thiophene rings is 1. The predicted molar refractivity (Wildman–Crippen MR) is 114 cm³/mol. The zero-order valence-electron chi connectivity index (χ0n) is 16.9. The van der Waals surface area contributed by atoms with Crippen molar-refractivity contribution in [1.82, 2.24) is 9.80 Å². The Hall–Kier alpha value is -2.14. The molecule has 1 fully saturated rings. The average molecular weight is 399 g/mol. The summed E-state index contributed by atoms with van der Waals surface area (Å²) in [5.41, 5.74) is 1.11. The van der Waals surface area contributed by atoms with Crippen molar-refractivity contribution in [2.45, 2.75) is 52.6 Å². The highest BCUT2D eigenvalue weighted by Crippen LogP contribution is 2.28. The lowest BCUT2D eigenvalue weighted by atomic mass is 9.84. The van der Waals surface area contributed by atoms with E-state index in [4.69, 9.17) is 0 Å². The highest BCUT2D eigenvalue weighted by molar-refractivity contribution is 7.11. The normalized spacial score (nSPS) is 13.8. The molecule has 1 aliphatic rings. The molecule has 2 amide bonds. The van der Waals surface area contributed by atoms with Crippen LogP contribution < -0.4 is 0 Å². The van der Waals surface area contributed by atoms with Crippen molar-refractivity contribution in [3.63, 3.8) is 0 Å². The van der Waals surface area contributed by atoms with E-state index in [-0.39, 0.29) is 24.3 Å². The van der Waals surface area contributed by atoms with Gasteiger partial charge >= 0.3 is 0 Å². The Morgan fingerprint density at radius 2 is 1.79 bits per heavy atom. The first-order chi connectivity index (χ1) is 13.6. The Morgan fingerprint density at radius 3 is 2.36 bits per heavy atom. The van der Waals surface area contributed by atoms with Crippen molar-refractivity contribution >= 4 is 23.2 Å². The van der Waals surface area contributed by atoms with Gasteiger partial charge in [-0.2, -0.15) is 0 Å². The molecule has 0 unspecified atom stereocenters. The van der Waals surface area contributed by atoms with Crippen LogP contribution in [0, 0.1) is 12.8 Å². The van der Waals surface area contributed by atoms with E-state index < -0.39 is 0 Å². The van der Waals surface area contributed by atoms with E-state index in [0.717, 1.165) is 31.2 Å². The fourth-order valence-corrected chi connectivity index (χ4v) is 4.41. The van der Waals surface area contributed by atoms with Crippen LogP contribution in [0.3, 0.4) is 0 Å². The lowest BCUT2D eigenvalue weighted by molar-refractivity contribution is -0.145. The summed E-state index contributed by atoms with van der Waals surface area (Å²) in [6.45, 7) is 6.12. The summed E-state index contributed by atoms with van der Waals surface area (Å²) in [7, 11) is 0. The highest BCUT2D eigenvalue weighted by Gasteiger charge is 2.31. The lowest BCUT2D eigenvalue weighted by Gasteiger charge is -2.33. The molecule has 3 rings (SSSR count). The third-order valence-electron chi connectivity index (χ3n) is 5.30. The number of aryl methyl sites for hydroxylation is 1. The number of amides is 2. The SMILES string of the molecule is CCCN(CC(=O)N(Cc1ccccc1)Cc1ccc(C)s1)C(=O)C1CCC1. The summed E-state index contributed by atoms with van der Waals surface area (Å²) in [4.78, 5) is 32.1. The third kappa shape index (κ3) is 5.44. The van der Waals surface area contributed by atoms with Crippen molar-refractivity contribution in [3.8, 4) is 0 Å². The molecular weight excluding hydrogens is 368 g/mol. The van der Waals surface area contributed by atoms with Crippen LogP contribution in [0.5, 0.6) is 0 Å². The number of nitrogens with zero attached hydrogens (tertiary/aromatic N) is 2. The number of carbonyl (C=O) groups is 2. The molecule has 150 valence electrons. The van der Waals surface area contributed by atoms with Crippen LogP contribution in [0.1, 0.15) is 47.9 Å². The first-order valence-corrected chi connectivity index (χ1v) is 11.0. The van der Waals surface area contributed by atoms with E-state index in [1.807, 2.05) is 35.2 Å². The third-order valence-corrected chi connectivity index (χ3v) is 6.28. The molecule has 0 saturated heterocycles. The first-order valence-electron chi connectivity index (χ1n) is 10.2.